The maximum absolute atomic E-state index is 16.8. The number of piperidine rings is 1. The van der Waals surface area contributed by atoms with E-state index < -0.39 is 28.4 Å². The number of hydrogen-bond donors (Lipinski definition) is 2. The van der Waals surface area contributed by atoms with Crippen molar-refractivity contribution in [2.24, 2.45) is 11.3 Å². The van der Waals surface area contributed by atoms with Crippen molar-refractivity contribution in [3.8, 4) is 41.3 Å². The molecule has 46 heavy (non-hydrogen) atoms. The highest BCUT2D eigenvalue weighted by Crippen LogP contribution is 2.42. The topological polar surface area (TPSA) is 97.5 Å². The molecule has 0 spiro atoms. The first-order valence-electron chi connectivity index (χ1n) is 15.4. The van der Waals surface area contributed by atoms with Crippen molar-refractivity contribution in [1.82, 2.24) is 20.2 Å². The number of aromatic nitrogens is 2. The molecule has 3 aliphatic rings. The van der Waals surface area contributed by atoms with E-state index in [1.165, 1.54) is 24.3 Å². The number of piperazine rings is 1. The van der Waals surface area contributed by atoms with E-state index in [0.29, 0.717) is 37.3 Å². The van der Waals surface area contributed by atoms with Crippen LogP contribution < -0.4 is 15.0 Å². The Morgan fingerprint density at radius 1 is 1.11 bits per heavy atom. The standard InChI is InChI=1S/C35H33F3N6O2/c1-4-24-27(36)8-5-19-11-23(45)12-25(29(19)24)30-28(37)13-26-32(31(30)38)41-34(42-33(26)44-15-21-6-7-22(16-44)40-21)46-18-35(2)17-43(3)10-9-20(35)14-39/h1,5,8,11-13,20-22,40,45H,6-7,9-10,15-18H2,2-3H3/t20?,21-,22+,35?. The van der Waals surface area contributed by atoms with E-state index in [-0.39, 0.29) is 63.8 Å². The zero-order valence-corrected chi connectivity index (χ0v) is 25.6. The lowest BCUT2D eigenvalue weighted by Crippen LogP contribution is -2.51. The fourth-order valence-corrected chi connectivity index (χ4v) is 7.55. The minimum Gasteiger partial charge on any atom is -0.508 e. The van der Waals surface area contributed by atoms with Gasteiger partial charge in [0, 0.05) is 53.5 Å². The molecular weight excluding hydrogens is 593 g/mol. The zero-order chi connectivity index (χ0) is 32.3. The van der Waals surface area contributed by atoms with Gasteiger partial charge in [-0.15, -0.1) is 6.42 Å². The van der Waals surface area contributed by atoms with Crippen molar-refractivity contribution in [2.45, 2.75) is 38.3 Å². The monoisotopic (exact) mass is 626 g/mol. The van der Waals surface area contributed by atoms with Gasteiger partial charge in [-0.2, -0.15) is 15.2 Å². The van der Waals surface area contributed by atoms with Gasteiger partial charge in [0.05, 0.1) is 29.7 Å². The molecule has 0 amide bonds. The van der Waals surface area contributed by atoms with Crippen molar-refractivity contribution < 1.29 is 23.0 Å². The Morgan fingerprint density at radius 3 is 2.59 bits per heavy atom. The highest BCUT2D eigenvalue weighted by atomic mass is 19.1. The van der Waals surface area contributed by atoms with Crippen molar-refractivity contribution >= 4 is 27.5 Å². The first-order valence-corrected chi connectivity index (χ1v) is 15.4. The summed E-state index contributed by atoms with van der Waals surface area (Å²) in [4.78, 5) is 13.3. The summed E-state index contributed by atoms with van der Waals surface area (Å²) in [5.74, 6) is -0.553. The number of hydrogen-bond acceptors (Lipinski definition) is 8. The molecule has 1 aromatic heterocycles. The molecule has 3 fully saturated rings. The van der Waals surface area contributed by atoms with Crippen LogP contribution in [0.15, 0.2) is 30.3 Å². The van der Waals surface area contributed by atoms with Gasteiger partial charge in [-0.3, -0.25) is 0 Å². The average molecular weight is 627 g/mol. The summed E-state index contributed by atoms with van der Waals surface area (Å²) in [5, 5.41) is 24.5. The zero-order valence-electron chi connectivity index (χ0n) is 25.6. The molecule has 0 saturated carbocycles. The van der Waals surface area contributed by atoms with E-state index in [1.54, 1.807) is 0 Å². The molecular formula is C35H33F3N6O2. The highest BCUT2D eigenvalue weighted by Gasteiger charge is 2.40. The van der Waals surface area contributed by atoms with Crippen LogP contribution in [0.3, 0.4) is 0 Å². The number of phenols is 1. The van der Waals surface area contributed by atoms with Crippen molar-refractivity contribution in [3.05, 3.63) is 53.3 Å². The van der Waals surface area contributed by atoms with Crippen LogP contribution in [0, 0.1) is 52.5 Å². The Hall–Kier alpha value is -4.58. The first kappa shape index (κ1) is 30.1. The second-order valence-electron chi connectivity index (χ2n) is 13.1. The number of halogens is 3. The largest absolute Gasteiger partial charge is 0.508 e. The Balaban J connectivity index is 1.41. The summed E-state index contributed by atoms with van der Waals surface area (Å²) < 4.78 is 54.1. The quantitative estimate of drug-likeness (QED) is 0.286. The summed E-state index contributed by atoms with van der Waals surface area (Å²) >= 11 is 0. The maximum Gasteiger partial charge on any atom is 0.319 e. The van der Waals surface area contributed by atoms with Crippen LogP contribution in [-0.4, -0.2) is 71.9 Å². The van der Waals surface area contributed by atoms with Crippen LogP contribution in [0.5, 0.6) is 11.8 Å². The molecule has 8 nitrogen and oxygen atoms in total. The molecule has 0 aliphatic carbocycles. The van der Waals surface area contributed by atoms with Gasteiger partial charge >= 0.3 is 6.01 Å². The van der Waals surface area contributed by atoms with Crippen LogP contribution in [0.1, 0.15) is 31.7 Å². The third-order valence-electron chi connectivity index (χ3n) is 9.78. The fraction of sp³-hybridized carbons (Fsp3) is 0.400. The van der Waals surface area contributed by atoms with E-state index in [2.05, 4.69) is 27.2 Å². The normalized spacial score (nSPS) is 24.7. The van der Waals surface area contributed by atoms with E-state index in [9.17, 15) is 14.8 Å². The molecule has 7 rings (SSSR count). The fourth-order valence-electron chi connectivity index (χ4n) is 7.55. The minimum atomic E-state index is -1.01. The van der Waals surface area contributed by atoms with E-state index in [0.717, 1.165) is 25.5 Å². The number of nitriles is 1. The SMILES string of the molecule is C#Cc1c(F)ccc2cc(O)cc(-c3c(F)cc4c(N5C[C@H]6CC[C@@H](C5)N6)nc(OCC5(C)CN(C)CCC5C#N)nc4c3F)c12. The van der Waals surface area contributed by atoms with Gasteiger partial charge in [0.25, 0.3) is 0 Å². The third kappa shape index (κ3) is 5.04. The molecule has 3 saturated heterocycles. The van der Waals surface area contributed by atoms with Crippen LogP contribution in [0.2, 0.25) is 0 Å². The summed E-state index contributed by atoms with van der Waals surface area (Å²) in [5.41, 5.74) is -1.49. The smallest absolute Gasteiger partial charge is 0.319 e. The number of phenolic OH excluding ortho intramolecular Hbond substituents is 1. The lowest BCUT2D eigenvalue weighted by molar-refractivity contribution is 0.0345. The predicted molar refractivity (Wildman–Crippen MR) is 169 cm³/mol. The lowest BCUT2D eigenvalue weighted by Gasteiger charge is -2.41. The van der Waals surface area contributed by atoms with Gasteiger partial charge in [-0.25, -0.2) is 13.2 Å². The lowest BCUT2D eigenvalue weighted by atomic mass is 9.74. The van der Waals surface area contributed by atoms with Gasteiger partial charge in [-0.1, -0.05) is 18.9 Å². The van der Waals surface area contributed by atoms with Gasteiger partial charge in [0.1, 0.15) is 28.7 Å². The number of ether oxygens (including phenoxy) is 1. The maximum atomic E-state index is 16.8. The highest BCUT2D eigenvalue weighted by molar-refractivity contribution is 6.04. The van der Waals surface area contributed by atoms with E-state index in [4.69, 9.17) is 16.1 Å². The van der Waals surface area contributed by atoms with E-state index in [1.807, 2.05) is 18.9 Å². The molecule has 0 radical (unpaired) electrons. The molecule has 11 heteroatoms. The Labute approximate surface area is 264 Å². The minimum absolute atomic E-state index is 0.0906. The summed E-state index contributed by atoms with van der Waals surface area (Å²) in [6.45, 7) is 4.70. The molecule has 4 heterocycles. The second-order valence-corrected chi connectivity index (χ2v) is 13.1. The molecule has 4 aromatic rings. The molecule has 236 valence electrons. The molecule has 2 bridgehead atoms. The summed E-state index contributed by atoms with van der Waals surface area (Å²) in [6.07, 6.45) is 8.30. The second kappa shape index (κ2) is 11.3. The number of nitrogens with zero attached hydrogens (tertiary/aromatic N) is 5. The van der Waals surface area contributed by atoms with Crippen LogP contribution in [-0.2, 0) is 0 Å². The number of likely N-dealkylation sites (tertiary alicyclic amines) is 1. The van der Waals surface area contributed by atoms with Crippen LogP contribution in [0.25, 0.3) is 32.8 Å². The number of aromatic hydroxyl groups is 1. The van der Waals surface area contributed by atoms with Crippen molar-refractivity contribution in [3.63, 3.8) is 0 Å². The molecule has 3 aromatic carbocycles. The number of fused-ring (bicyclic) bond motifs is 4. The predicted octanol–water partition coefficient (Wildman–Crippen LogP) is 5.36. The molecule has 2 N–H and O–H groups in total. The van der Waals surface area contributed by atoms with Gasteiger partial charge in [0.15, 0.2) is 5.82 Å². The van der Waals surface area contributed by atoms with Crippen molar-refractivity contribution in [1.29, 1.82) is 5.26 Å². The summed E-state index contributed by atoms with van der Waals surface area (Å²) in [7, 11) is 1.99. The molecule has 2 unspecified atom stereocenters. The summed E-state index contributed by atoms with van der Waals surface area (Å²) in [6, 6.07) is 9.01. The number of benzene rings is 3. The third-order valence-corrected chi connectivity index (χ3v) is 9.78. The van der Waals surface area contributed by atoms with Crippen molar-refractivity contribution in [2.75, 3.05) is 44.7 Å². The first-order chi connectivity index (χ1) is 22.1. The van der Waals surface area contributed by atoms with Gasteiger partial charge in [-0.05, 0) is 62.5 Å². The van der Waals surface area contributed by atoms with Crippen LogP contribution >= 0.6 is 0 Å². The number of rotatable bonds is 5. The average Bonchev–Trinajstić information content (AvgIpc) is 3.37. The van der Waals surface area contributed by atoms with Gasteiger partial charge < -0.3 is 25.0 Å². The van der Waals surface area contributed by atoms with Gasteiger partial charge in [0.2, 0.25) is 0 Å². The Morgan fingerprint density at radius 2 is 1.87 bits per heavy atom. The number of nitrogens with one attached hydrogen (secondary N) is 1. The molecule has 3 aliphatic heterocycles. The number of terminal acetylenes is 1. The molecule has 4 atom stereocenters. The Bertz CT molecular complexity index is 1960. The van der Waals surface area contributed by atoms with E-state index >= 15 is 8.78 Å². The Kier molecular flexibility index (Phi) is 7.42. The van der Waals surface area contributed by atoms with Crippen LogP contribution in [0.4, 0.5) is 19.0 Å². The number of anilines is 1.